The summed E-state index contributed by atoms with van der Waals surface area (Å²) in [5, 5.41) is 4.96. The molecule has 0 radical (unpaired) electrons. The Morgan fingerprint density at radius 3 is 3.06 bits per heavy atom. The van der Waals surface area contributed by atoms with Crippen LogP contribution in [0.1, 0.15) is 5.69 Å². The number of halogens is 1. The van der Waals surface area contributed by atoms with Gasteiger partial charge in [0.1, 0.15) is 6.61 Å². The Balaban J connectivity index is 2.23. The highest BCUT2D eigenvalue weighted by atomic mass is 35.5. The van der Waals surface area contributed by atoms with E-state index in [-0.39, 0.29) is 12.5 Å². The summed E-state index contributed by atoms with van der Waals surface area (Å²) in [4.78, 5) is 15.4. The molecular weight excluding hydrogens is 252 g/mol. The van der Waals surface area contributed by atoms with Crippen LogP contribution in [0.3, 0.4) is 0 Å². The van der Waals surface area contributed by atoms with Crippen molar-refractivity contribution in [2.24, 2.45) is 0 Å². The van der Waals surface area contributed by atoms with Gasteiger partial charge in [0, 0.05) is 12.5 Å². The van der Waals surface area contributed by atoms with Gasteiger partial charge in [-0.2, -0.15) is 0 Å². The average molecular weight is 265 g/mol. The largest absolute Gasteiger partial charge is 0.382 e. The summed E-state index contributed by atoms with van der Waals surface area (Å²) in [7, 11) is 1.58. The lowest BCUT2D eigenvalue weighted by atomic mass is 10.6. The molecule has 1 amide bonds. The molecule has 0 fully saturated rings. The number of thiazole rings is 1. The molecule has 1 aromatic rings. The van der Waals surface area contributed by atoms with Crippen LogP contribution in [0.2, 0.25) is 0 Å². The fourth-order valence-electron chi connectivity index (χ4n) is 0.888. The minimum Gasteiger partial charge on any atom is -0.382 e. The molecule has 0 aliphatic heterocycles. The van der Waals surface area contributed by atoms with E-state index in [9.17, 15) is 4.79 Å². The lowest BCUT2D eigenvalue weighted by molar-refractivity contribution is -0.121. The van der Waals surface area contributed by atoms with Crippen molar-refractivity contribution in [3.05, 3.63) is 11.1 Å². The standard InChI is InChI=1S/C9H13ClN2O3S/c1-14-2-3-15-5-8(13)12-9-11-7(4-10)6-16-9/h6H,2-5H2,1H3,(H,11,12,13). The predicted octanol–water partition coefficient (Wildman–Crippen LogP) is 1.48. The lowest BCUT2D eigenvalue weighted by Crippen LogP contribution is -2.19. The Labute approximate surface area is 103 Å². The van der Waals surface area contributed by atoms with E-state index in [0.717, 1.165) is 5.69 Å². The lowest BCUT2D eigenvalue weighted by Gasteiger charge is -2.02. The van der Waals surface area contributed by atoms with Crippen LogP contribution in [0.15, 0.2) is 5.38 Å². The Hall–Kier alpha value is -0.690. The van der Waals surface area contributed by atoms with Gasteiger partial charge in [-0.05, 0) is 0 Å². The van der Waals surface area contributed by atoms with Crippen LogP contribution in [-0.4, -0.2) is 37.8 Å². The zero-order valence-electron chi connectivity index (χ0n) is 8.86. The van der Waals surface area contributed by atoms with Gasteiger partial charge in [0.15, 0.2) is 5.13 Å². The van der Waals surface area contributed by atoms with Crippen molar-refractivity contribution in [1.29, 1.82) is 0 Å². The van der Waals surface area contributed by atoms with E-state index >= 15 is 0 Å². The van der Waals surface area contributed by atoms with Crippen molar-refractivity contribution < 1.29 is 14.3 Å². The zero-order chi connectivity index (χ0) is 11.8. The van der Waals surface area contributed by atoms with Crippen LogP contribution >= 0.6 is 22.9 Å². The van der Waals surface area contributed by atoms with Gasteiger partial charge in [0.25, 0.3) is 5.91 Å². The summed E-state index contributed by atoms with van der Waals surface area (Å²) in [5.74, 6) is 0.114. The molecule has 0 saturated carbocycles. The molecule has 1 rings (SSSR count). The first kappa shape index (κ1) is 13.4. The quantitative estimate of drug-likeness (QED) is 0.599. The monoisotopic (exact) mass is 264 g/mol. The highest BCUT2D eigenvalue weighted by Gasteiger charge is 2.06. The second kappa shape index (κ2) is 7.56. The summed E-state index contributed by atoms with van der Waals surface area (Å²) in [6.45, 7) is 0.870. The normalized spacial score (nSPS) is 10.4. The Bertz CT molecular complexity index is 332. The van der Waals surface area contributed by atoms with Crippen LogP contribution in [0.4, 0.5) is 5.13 Å². The van der Waals surface area contributed by atoms with Gasteiger partial charge in [-0.25, -0.2) is 4.98 Å². The number of aromatic nitrogens is 1. The number of alkyl halides is 1. The molecule has 5 nitrogen and oxygen atoms in total. The van der Waals surface area contributed by atoms with Crippen molar-refractivity contribution in [3.63, 3.8) is 0 Å². The maximum absolute atomic E-state index is 11.3. The number of hydrogen-bond acceptors (Lipinski definition) is 5. The van der Waals surface area contributed by atoms with E-state index in [0.29, 0.717) is 24.2 Å². The summed E-state index contributed by atoms with van der Waals surface area (Å²) >= 11 is 6.93. The van der Waals surface area contributed by atoms with Crippen LogP contribution in [0.5, 0.6) is 0 Å². The number of anilines is 1. The third kappa shape index (κ3) is 4.89. The molecule has 0 saturated heterocycles. The van der Waals surface area contributed by atoms with Gasteiger partial charge >= 0.3 is 0 Å². The minimum atomic E-state index is -0.230. The highest BCUT2D eigenvalue weighted by molar-refractivity contribution is 7.13. The maximum atomic E-state index is 11.3. The maximum Gasteiger partial charge on any atom is 0.252 e. The second-order valence-corrected chi connectivity index (χ2v) is 4.00. The van der Waals surface area contributed by atoms with Gasteiger partial charge in [0.05, 0.1) is 24.8 Å². The van der Waals surface area contributed by atoms with Gasteiger partial charge in [0.2, 0.25) is 0 Å². The first-order valence-corrected chi connectivity index (χ1v) is 6.04. The molecule has 0 atom stereocenters. The fourth-order valence-corrected chi connectivity index (χ4v) is 1.84. The SMILES string of the molecule is COCCOCC(=O)Nc1nc(CCl)cs1. The molecule has 0 aliphatic rings. The topological polar surface area (TPSA) is 60.5 Å². The third-order valence-electron chi connectivity index (χ3n) is 1.60. The van der Waals surface area contributed by atoms with E-state index in [2.05, 4.69) is 10.3 Å². The Kier molecular flexibility index (Phi) is 6.32. The molecule has 7 heteroatoms. The van der Waals surface area contributed by atoms with E-state index in [4.69, 9.17) is 21.1 Å². The smallest absolute Gasteiger partial charge is 0.252 e. The first-order valence-electron chi connectivity index (χ1n) is 4.63. The van der Waals surface area contributed by atoms with Crippen LogP contribution in [0.25, 0.3) is 0 Å². The minimum absolute atomic E-state index is 0.000845. The van der Waals surface area contributed by atoms with E-state index in [1.165, 1.54) is 11.3 Å². The number of rotatable bonds is 7. The third-order valence-corrected chi connectivity index (χ3v) is 2.68. The fraction of sp³-hybridized carbons (Fsp3) is 0.556. The van der Waals surface area contributed by atoms with E-state index in [1.54, 1.807) is 12.5 Å². The predicted molar refractivity (Wildman–Crippen MR) is 63.0 cm³/mol. The van der Waals surface area contributed by atoms with Gasteiger partial charge in [-0.3, -0.25) is 10.1 Å². The van der Waals surface area contributed by atoms with Crippen molar-refractivity contribution in [1.82, 2.24) is 4.98 Å². The molecule has 16 heavy (non-hydrogen) atoms. The number of nitrogens with one attached hydrogen (secondary N) is 1. The van der Waals surface area contributed by atoms with E-state index < -0.39 is 0 Å². The summed E-state index contributed by atoms with van der Waals surface area (Å²) in [5.41, 5.74) is 0.752. The van der Waals surface area contributed by atoms with Crippen LogP contribution in [0, 0.1) is 0 Å². The van der Waals surface area contributed by atoms with Crippen LogP contribution in [-0.2, 0) is 20.1 Å². The Morgan fingerprint density at radius 2 is 2.44 bits per heavy atom. The average Bonchev–Trinajstić information content (AvgIpc) is 2.72. The number of carbonyl (C=O) groups excluding carboxylic acids is 1. The molecule has 90 valence electrons. The number of ether oxygens (including phenoxy) is 2. The molecule has 0 unspecified atom stereocenters. The zero-order valence-corrected chi connectivity index (χ0v) is 10.4. The number of amides is 1. The second-order valence-electron chi connectivity index (χ2n) is 2.87. The summed E-state index contributed by atoms with van der Waals surface area (Å²) < 4.78 is 9.83. The van der Waals surface area contributed by atoms with Crippen molar-refractivity contribution in [2.75, 3.05) is 32.2 Å². The molecule has 1 N–H and O–H groups in total. The van der Waals surface area contributed by atoms with Crippen LogP contribution < -0.4 is 5.32 Å². The van der Waals surface area contributed by atoms with Crippen molar-refractivity contribution >= 4 is 34.0 Å². The van der Waals surface area contributed by atoms with E-state index in [1.807, 2.05) is 0 Å². The number of nitrogens with zero attached hydrogens (tertiary/aromatic N) is 1. The van der Waals surface area contributed by atoms with Crippen molar-refractivity contribution in [3.8, 4) is 0 Å². The number of methoxy groups -OCH3 is 1. The number of hydrogen-bond donors (Lipinski definition) is 1. The molecule has 1 aromatic heterocycles. The molecule has 0 bridgehead atoms. The first-order chi connectivity index (χ1) is 7.76. The molecule has 1 heterocycles. The Morgan fingerprint density at radius 1 is 1.62 bits per heavy atom. The van der Waals surface area contributed by atoms with Crippen molar-refractivity contribution in [2.45, 2.75) is 5.88 Å². The van der Waals surface area contributed by atoms with Gasteiger partial charge in [-0.1, -0.05) is 0 Å². The summed E-state index contributed by atoms with van der Waals surface area (Å²) in [6.07, 6.45) is 0. The molecule has 0 aromatic carbocycles. The molecule has 0 aliphatic carbocycles. The molecule has 0 spiro atoms. The molecular formula is C9H13ClN2O3S. The highest BCUT2D eigenvalue weighted by Crippen LogP contribution is 2.16. The number of carbonyl (C=O) groups is 1. The van der Waals surface area contributed by atoms with Gasteiger partial charge < -0.3 is 9.47 Å². The summed E-state index contributed by atoms with van der Waals surface area (Å²) in [6, 6.07) is 0. The van der Waals surface area contributed by atoms with Gasteiger partial charge in [-0.15, -0.1) is 22.9 Å².